The van der Waals surface area contributed by atoms with Crippen LogP contribution in [0.2, 0.25) is 0 Å². The first-order chi connectivity index (χ1) is 15.9. The SMILES string of the molecule is CCC(C)N1C(C(C)(C)C)=NNC1C(C)CCC(C)(C)c1ncc(C(C)(C)C)n1C(C)(CC)CC. The largest absolute Gasteiger partial charge is 0.334 e. The number of hydrogen-bond acceptors (Lipinski definition) is 4. The maximum Gasteiger partial charge on any atom is 0.132 e. The summed E-state index contributed by atoms with van der Waals surface area (Å²) in [4.78, 5) is 7.66. The molecule has 5 heteroatoms. The molecule has 0 saturated carbocycles. The third kappa shape index (κ3) is 6.07. The number of imidazole rings is 1. The van der Waals surface area contributed by atoms with Crippen LogP contribution in [0, 0.1) is 11.3 Å². The molecule has 1 aliphatic heterocycles. The van der Waals surface area contributed by atoms with Crippen LogP contribution in [0.3, 0.4) is 0 Å². The molecule has 0 fully saturated rings. The van der Waals surface area contributed by atoms with Crippen LogP contribution in [0.5, 0.6) is 0 Å². The van der Waals surface area contributed by atoms with Crippen molar-refractivity contribution >= 4 is 5.84 Å². The predicted octanol–water partition coefficient (Wildman–Crippen LogP) is 7.80. The molecule has 0 saturated heterocycles. The van der Waals surface area contributed by atoms with Gasteiger partial charge in [0.1, 0.15) is 17.8 Å². The fourth-order valence-electron chi connectivity index (χ4n) is 5.34. The van der Waals surface area contributed by atoms with Gasteiger partial charge in [0, 0.05) is 39.7 Å². The van der Waals surface area contributed by atoms with Gasteiger partial charge in [-0.3, -0.25) is 5.43 Å². The number of hydrazone groups is 1. The summed E-state index contributed by atoms with van der Waals surface area (Å²) in [5, 5.41) is 4.84. The van der Waals surface area contributed by atoms with Gasteiger partial charge in [0.05, 0.1) is 0 Å². The summed E-state index contributed by atoms with van der Waals surface area (Å²) in [6, 6.07) is 0.464. The molecule has 0 bridgehead atoms. The molecule has 1 aromatic heterocycles. The van der Waals surface area contributed by atoms with Crippen LogP contribution in [0.1, 0.15) is 141 Å². The fraction of sp³-hybridized carbons (Fsp3) is 0.867. The molecule has 202 valence electrons. The molecule has 0 aliphatic carbocycles. The van der Waals surface area contributed by atoms with Crippen LogP contribution in [-0.4, -0.2) is 32.5 Å². The Bertz CT molecular complexity index is 860. The lowest BCUT2D eigenvalue weighted by molar-refractivity contribution is 0.156. The van der Waals surface area contributed by atoms with Crippen molar-refractivity contribution in [1.82, 2.24) is 19.9 Å². The number of hydrogen-bond donors (Lipinski definition) is 1. The second-order valence-electron chi connectivity index (χ2n) is 14.1. The molecular weight excluding hydrogens is 430 g/mol. The van der Waals surface area contributed by atoms with Gasteiger partial charge in [-0.15, -0.1) is 0 Å². The molecule has 0 amide bonds. The molecule has 2 heterocycles. The van der Waals surface area contributed by atoms with Crippen molar-refractivity contribution in [2.45, 2.75) is 158 Å². The van der Waals surface area contributed by atoms with E-state index in [4.69, 9.17) is 10.1 Å². The second kappa shape index (κ2) is 10.5. The zero-order valence-electron chi connectivity index (χ0n) is 25.6. The van der Waals surface area contributed by atoms with E-state index in [1.165, 1.54) is 17.4 Å². The quantitative estimate of drug-likeness (QED) is 0.366. The van der Waals surface area contributed by atoms with E-state index in [2.05, 4.69) is 118 Å². The van der Waals surface area contributed by atoms with Crippen molar-refractivity contribution in [3.8, 4) is 0 Å². The first-order valence-electron chi connectivity index (χ1n) is 14.2. The normalized spacial score (nSPS) is 19.5. The van der Waals surface area contributed by atoms with Gasteiger partial charge in [0.25, 0.3) is 0 Å². The Labute approximate surface area is 217 Å². The highest BCUT2D eigenvalue weighted by Crippen LogP contribution is 2.40. The molecule has 3 unspecified atom stereocenters. The van der Waals surface area contributed by atoms with Gasteiger partial charge in [0.2, 0.25) is 0 Å². The Morgan fingerprint density at radius 2 is 1.49 bits per heavy atom. The highest BCUT2D eigenvalue weighted by molar-refractivity contribution is 5.88. The highest BCUT2D eigenvalue weighted by atomic mass is 15.5. The van der Waals surface area contributed by atoms with Gasteiger partial charge in [-0.25, -0.2) is 4.98 Å². The first-order valence-corrected chi connectivity index (χ1v) is 14.2. The van der Waals surface area contributed by atoms with Crippen LogP contribution < -0.4 is 5.43 Å². The summed E-state index contributed by atoms with van der Waals surface area (Å²) in [7, 11) is 0. The minimum absolute atomic E-state index is 0.0170. The van der Waals surface area contributed by atoms with E-state index in [0.29, 0.717) is 12.0 Å². The van der Waals surface area contributed by atoms with E-state index in [-0.39, 0.29) is 27.9 Å². The van der Waals surface area contributed by atoms with Gasteiger partial charge in [-0.2, -0.15) is 5.10 Å². The third-order valence-electron chi connectivity index (χ3n) is 8.55. The molecule has 0 spiro atoms. The Morgan fingerprint density at radius 1 is 0.914 bits per heavy atom. The molecule has 1 N–H and O–H groups in total. The van der Waals surface area contributed by atoms with Crippen LogP contribution in [0.15, 0.2) is 11.3 Å². The highest BCUT2D eigenvalue weighted by Gasteiger charge is 2.41. The molecule has 2 rings (SSSR count). The lowest BCUT2D eigenvalue weighted by atomic mass is 9.81. The summed E-state index contributed by atoms with van der Waals surface area (Å²) in [6.45, 7) is 32.6. The van der Waals surface area contributed by atoms with Crippen molar-refractivity contribution < 1.29 is 0 Å². The Balaban J connectivity index is 2.33. The summed E-state index contributed by atoms with van der Waals surface area (Å²) >= 11 is 0. The van der Waals surface area contributed by atoms with Crippen LogP contribution in [0.25, 0.3) is 0 Å². The van der Waals surface area contributed by atoms with Gasteiger partial charge in [0.15, 0.2) is 0 Å². The summed E-state index contributed by atoms with van der Waals surface area (Å²) in [5.74, 6) is 2.90. The van der Waals surface area contributed by atoms with Crippen molar-refractivity contribution in [2.24, 2.45) is 16.4 Å². The summed E-state index contributed by atoms with van der Waals surface area (Å²) < 4.78 is 2.61. The summed E-state index contributed by atoms with van der Waals surface area (Å²) in [6.07, 6.45) is 7.93. The average molecular weight is 488 g/mol. The zero-order valence-corrected chi connectivity index (χ0v) is 25.6. The minimum atomic E-state index is -0.0170. The van der Waals surface area contributed by atoms with Crippen molar-refractivity contribution in [3.63, 3.8) is 0 Å². The Morgan fingerprint density at radius 3 is 1.94 bits per heavy atom. The molecule has 1 aliphatic rings. The van der Waals surface area contributed by atoms with Crippen molar-refractivity contribution in [3.05, 3.63) is 17.7 Å². The average Bonchev–Trinajstić information content (AvgIpc) is 3.42. The van der Waals surface area contributed by atoms with E-state index in [1.54, 1.807) is 0 Å². The van der Waals surface area contributed by atoms with Gasteiger partial charge < -0.3 is 9.47 Å². The molecule has 3 atom stereocenters. The molecular formula is C30H57N5. The topological polar surface area (TPSA) is 45.4 Å². The standard InChI is InChI=1S/C30H57N5/c1-15-22(5)34-24(32-33-25(34)28(9,10)11)21(4)18-19-29(12,13)26-31-20-23(27(6,7)8)35(26)30(14,16-2)17-3/h20-22,24,32H,15-19H2,1-14H3. The molecule has 1 aromatic rings. The van der Waals surface area contributed by atoms with E-state index >= 15 is 0 Å². The van der Waals surface area contributed by atoms with Gasteiger partial charge >= 0.3 is 0 Å². The molecule has 35 heavy (non-hydrogen) atoms. The second-order valence-corrected chi connectivity index (χ2v) is 14.1. The lowest BCUT2D eigenvalue weighted by Crippen LogP contribution is -2.51. The van der Waals surface area contributed by atoms with Crippen LogP contribution in [0.4, 0.5) is 0 Å². The smallest absolute Gasteiger partial charge is 0.132 e. The Hall–Kier alpha value is -1.52. The van der Waals surface area contributed by atoms with Crippen molar-refractivity contribution in [2.75, 3.05) is 0 Å². The van der Waals surface area contributed by atoms with E-state index in [9.17, 15) is 0 Å². The van der Waals surface area contributed by atoms with Crippen LogP contribution in [-0.2, 0) is 16.4 Å². The maximum atomic E-state index is 5.11. The molecule has 0 radical (unpaired) electrons. The number of rotatable bonds is 10. The van der Waals surface area contributed by atoms with Crippen molar-refractivity contribution in [1.29, 1.82) is 0 Å². The van der Waals surface area contributed by atoms with E-state index in [0.717, 1.165) is 32.1 Å². The maximum absolute atomic E-state index is 5.11. The zero-order chi connectivity index (χ0) is 27.0. The fourth-order valence-corrected chi connectivity index (χ4v) is 5.34. The first kappa shape index (κ1) is 29.7. The monoisotopic (exact) mass is 487 g/mol. The minimum Gasteiger partial charge on any atom is -0.334 e. The Kier molecular flexibility index (Phi) is 8.88. The lowest BCUT2D eigenvalue weighted by Gasteiger charge is -2.41. The molecule has 5 nitrogen and oxygen atoms in total. The van der Waals surface area contributed by atoms with Gasteiger partial charge in [-0.05, 0) is 51.9 Å². The molecule has 0 aromatic carbocycles. The van der Waals surface area contributed by atoms with Crippen LogP contribution >= 0.6 is 0 Å². The number of amidine groups is 1. The van der Waals surface area contributed by atoms with Gasteiger partial charge in [-0.1, -0.05) is 83.1 Å². The number of nitrogens with zero attached hydrogens (tertiary/aromatic N) is 4. The number of nitrogens with one attached hydrogen (secondary N) is 1. The summed E-state index contributed by atoms with van der Waals surface area (Å²) in [5.41, 5.74) is 5.03. The number of aromatic nitrogens is 2. The van der Waals surface area contributed by atoms with E-state index < -0.39 is 0 Å². The predicted molar refractivity (Wildman–Crippen MR) is 152 cm³/mol. The third-order valence-corrected chi connectivity index (χ3v) is 8.55. The van der Waals surface area contributed by atoms with E-state index in [1.807, 2.05) is 0 Å².